The molecule has 0 aliphatic carbocycles. The molecule has 0 amide bonds. The first-order valence-electron chi connectivity index (χ1n) is 7.13. The maximum atomic E-state index is 10.5. The van der Waals surface area contributed by atoms with Crippen LogP contribution in [0.4, 0.5) is 0 Å². The average molecular weight is 265 g/mol. The minimum Gasteiger partial charge on any atom is -0.491 e. The topological polar surface area (TPSA) is 41.5 Å². The van der Waals surface area contributed by atoms with Gasteiger partial charge < -0.3 is 15.2 Å². The fourth-order valence-electron chi connectivity index (χ4n) is 2.17. The van der Waals surface area contributed by atoms with Crippen LogP contribution in [0.25, 0.3) is 0 Å². The lowest BCUT2D eigenvalue weighted by Gasteiger charge is -2.27. The van der Waals surface area contributed by atoms with Crippen molar-refractivity contribution in [3.63, 3.8) is 0 Å². The van der Waals surface area contributed by atoms with Gasteiger partial charge in [-0.15, -0.1) is 0 Å². The summed E-state index contributed by atoms with van der Waals surface area (Å²) in [6.45, 7) is 11.2. The van der Waals surface area contributed by atoms with E-state index in [0.717, 1.165) is 17.9 Å². The first kappa shape index (κ1) is 16.0. The molecule has 3 heteroatoms. The number of aliphatic hydroxyl groups is 1. The van der Waals surface area contributed by atoms with Crippen LogP contribution < -0.4 is 10.1 Å². The molecule has 0 spiro atoms. The lowest BCUT2D eigenvalue weighted by atomic mass is 9.93. The molecule has 0 aromatic heterocycles. The van der Waals surface area contributed by atoms with Crippen LogP contribution in [-0.2, 0) is 0 Å². The summed E-state index contributed by atoms with van der Waals surface area (Å²) in [6.07, 6.45) is -0.325. The normalized spacial score (nSPS) is 14.7. The highest BCUT2D eigenvalue weighted by molar-refractivity contribution is 5.29. The van der Waals surface area contributed by atoms with Crippen molar-refractivity contribution in [3.8, 4) is 5.75 Å². The lowest BCUT2D eigenvalue weighted by Crippen LogP contribution is -2.39. The molecule has 0 aliphatic heterocycles. The molecular weight excluding hydrogens is 238 g/mol. The summed E-state index contributed by atoms with van der Waals surface area (Å²) in [7, 11) is 0. The SMILES string of the molecule is CCNC(C(C)C)C(O)c1ccc(OC(C)C)cc1. The third-order valence-corrected chi connectivity index (χ3v) is 3.09. The van der Waals surface area contributed by atoms with Crippen LogP contribution in [0.1, 0.15) is 46.3 Å². The van der Waals surface area contributed by atoms with E-state index in [9.17, 15) is 5.11 Å². The monoisotopic (exact) mass is 265 g/mol. The number of nitrogens with one attached hydrogen (secondary N) is 1. The summed E-state index contributed by atoms with van der Waals surface area (Å²) in [6, 6.07) is 7.79. The minimum atomic E-state index is -0.493. The Morgan fingerprint density at radius 1 is 1.11 bits per heavy atom. The van der Waals surface area contributed by atoms with E-state index in [2.05, 4.69) is 26.1 Å². The van der Waals surface area contributed by atoms with Gasteiger partial charge in [0.2, 0.25) is 0 Å². The van der Waals surface area contributed by atoms with Gasteiger partial charge in [-0.3, -0.25) is 0 Å². The summed E-state index contributed by atoms with van der Waals surface area (Å²) >= 11 is 0. The Kier molecular flexibility index (Phi) is 6.32. The molecule has 1 aromatic carbocycles. The quantitative estimate of drug-likeness (QED) is 0.796. The highest BCUT2D eigenvalue weighted by atomic mass is 16.5. The van der Waals surface area contributed by atoms with Crippen molar-refractivity contribution < 1.29 is 9.84 Å². The molecule has 2 N–H and O–H groups in total. The van der Waals surface area contributed by atoms with E-state index in [1.165, 1.54) is 0 Å². The number of ether oxygens (including phenoxy) is 1. The fourth-order valence-corrected chi connectivity index (χ4v) is 2.17. The Balaban J connectivity index is 2.78. The lowest BCUT2D eigenvalue weighted by molar-refractivity contribution is 0.106. The van der Waals surface area contributed by atoms with E-state index in [-0.39, 0.29) is 12.1 Å². The van der Waals surface area contributed by atoms with Gasteiger partial charge in [0, 0.05) is 6.04 Å². The van der Waals surface area contributed by atoms with Crippen LogP contribution >= 0.6 is 0 Å². The number of benzene rings is 1. The zero-order chi connectivity index (χ0) is 14.4. The highest BCUT2D eigenvalue weighted by Gasteiger charge is 2.22. The number of likely N-dealkylation sites (N-methyl/N-ethyl adjacent to an activating group) is 1. The molecule has 0 radical (unpaired) electrons. The molecule has 0 aliphatic rings. The van der Waals surface area contributed by atoms with Gasteiger partial charge in [0.25, 0.3) is 0 Å². The Hall–Kier alpha value is -1.06. The number of hydrogen-bond acceptors (Lipinski definition) is 3. The van der Waals surface area contributed by atoms with Gasteiger partial charge >= 0.3 is 0 Å². The Bertz CT molecular complexity index is 360. The van der Waals surface area contributed by atoms with Crippen LogP contribution in [0.15, 0.2) is 24.3 Å². The van der Waals surface area contributed by atoms with Crippen molar-refractivity contribution in [3.05, 3.63) is 29.8 Å². The maximum absolute atomic E-state index is 10.5. The second-order valence-corrected chi connectivity index (χ2v) is 5.51. The zero-order valence-corrected chi connectivity index (χ0v) is 12.7. The summed E-state index contributed by atoms with van der Waals surface area (Å²) in [4.78, 5) is 0. The largest absolute Gasteiger partial charge is 0.491 e. The molecule has 2 unspecified atom stereocenters. The summed E-state index contributed by atoms with van der Waals surface area (Å²) in [5.74, 6) is 1.22. The molecule has 0 saturated heterocycles. The van der Waals surface area contributed by atoms with Gasteiger partial charge in [-0.2, -0.15) is 0 Å². The third kappa shape index (κ3) is 4.84. The Morgan fingerprint density at radius 3 is 2.11 bits per heavy atom. The molecule has 0 fully saturated rings. The van der Waals surface area contributed by atoms with Crippen LogP contribution in [0.3, 0.4) is 0 Å². The molecule has 3 nitrogen and oxygen atoms in total. The second kappa shape index (κ2) is 7.51. The fraction of sp³-hybridized carbons (Fsp3) is 0.625. The van der Waals surface area contributed by atoms with Crippen molar-refractivity contribution in [2.45, 2.75) is 52.9 Å². The standard InChI is InChI=1S/C16H27NO2/c1-6-17-15(11(2)3)16(18)13-7-9-14(10-8-13)19-12(4)5/h7-12,15-18H,6H2,1-5H3. The predicted octanol–water partition coefficient (Wildman–Crippen LogP) is 3.14. The van der Waals surface area contributed by atoms with Crippen molar-refractivity contribution in [1.82, 2.24) is 5.32 Å². The van der Waals surface area contributed by atoms with Crippen LogP contribution in [0, 0.1) is 5.92 Å². The van der Waals surface area contributed by atoms with Crippen LogP contribution in [0.2, 0.25) is 0 Å². The predicted molar refractivity (Wildman–Crippen MR) is 79.5 cm³/mol. The summed E-state index contributed by atoms with van der Waals surface area (Å²) < 4.78 is 5.61. The molecule has 1 aromatic rings. The van der Waals surface area contributed by atoms with E-state index in [0.29, 0.717) is 5.92 Å². The second-order valence-electron chi connectivity index (χ2n) is 5.51. The van der Waals surface area contributed by atoms with Crippen LogP contribution in [-0.4, -0.2) is 23.8 Å². The zero-order valence-electron chi connectivity index (χ0n) is 12.7. The third-order valence-electron chi connectivity index (χ3n) is 3.09. The van der Waals surface area contributed by atoms with Crippen molar-refractivity contribution in [1.29, 1.82) is 0 Å². The number of rotatable bonds is 7. The highest BCUT2D eigenvalue weighted by Crippen LogP contribution is 2.24. The number of aliphatic hydroxyl groups excluding tert-OH is 1. The molecular formula is C16H27NO2. The summed E-state index contributed by atoms with van der Waals surface area (Å²) in [5, 5.41) is 13.8. The van der Waals surface area contributed by atoms with Crippen molar-refractivity contribution >= 4 is 0 Å². The number of hydrogen-bond donors (Lipinski definition) is 2. The van der Waals surface area contributed by atoms with Gasteiger partial charge in [-0.1, -0.05) is 32.9 Å². The van der Waals surface area contributed by atoms with E-state index in [1.54, 1.807) is 0 Å². The van der Waals surface area contributed by atoms with Crippen molar-refractivity contribution in [2.75, 3.05) is 6.54 Å². The van der Waals surface area contributed by atoms with Gasteiger partial charge in [0.05, 0.1) is 12.2 Å². The van der Waals surface area contributed by atoms with E-state index < -0.39 is 6.10 Å². The minimum absolute atomic E-state index is 0.0712. The van der Waals surface area contributed by atoms with Gasteiger partial charge in [-0.05, 0) is 44.0 Å². The molecule has 1 rings (SSSR count). The smallest absolute Gasteiger partial charge is 0.119 e. The molecule has 108 valence electrons. The molecule has 0 heterocycles. The molecule has 0 bridgehead atoms. The molecule has 19 heavy (non-hydrogen) atoms. The maximum Gasteiger partial charge on any atom is 0.119 e. The van der Waals surface area contributed by atoms with E-state index >= 15 is 0 Å². The van der Waals surface area contributed by atoms with E-state index in [1.807, 2.05) is 38.1 Å². The summed E-state index contributed by atoms with van der Waals surface area (Å²) in [5.41, 5.74) is 0.927. The van der Waals surface area contributed by atoms with E-state index in [4.69, 9.17) is 4.74 Å². The Labute approximate surface area is 117 Å². The average Bonchev–Trinajstić information content (AvgIpc) is 2.35. The Morgan fingerprint density at radius 2 is 1.68 bits per heavy atom. The van der Waals surface area contributed by atoms with Gasteiger partial charge in [-0.25, -0.2) is 0 Å². The molecule has 0 saturated carbocycles. The van der Waals surface area contributed by atoms with Crippen molar-refractivity contribution in [2.24, 2.45) is 5.92 Å². The first-order valence-corrected chi connectivity index (χ1v) is 7.13. The van der Waals surface area contributed by atoms with Crippen LogP contribution in [0.5, 0.6) is 5.75 Å². The van der Waals surface area contributed by atoms with Gasteiger partial charge in [0.15, 0.2) is 0 Å². The first-order chi connectivity index (χ1) is 8.95. The van der Waals surface area contributed by atoms with Gasteiger partial charge in [0.1, 0.15) is 5.75 Å². The molecule has 2 atom stereocenters.